The van der Waals surface area contributed by atoms with Crippen molar-refractivity contribution in [2.24, 2.45) is 0 Å². The Labute approximate surface area is 125 Å². The lowest BCUT2D eigenvalue weighted by Gasteiger charge is -2.12. The Bertz CT molecular complexity index is 666. The van der Waals surface area contributed by atoms with E-state index in [1.165, 1.54) is 13.2 Å². The smallest absolute Gasteiger partial charge is 0.416 e. The summed E-state index contributed by atoms with van der Waals surface area (Å²) in [5.41, 5.74) is 0.0839. The minimum absolute atomic E-state index is 0.312. The van der Waals surface area contributed by atoms with Crippen LogP contribution >= 0.6 is 0 Å². The van der Waals surface area contributed by atoms with Crippen LogP contribution in [0.3, 0.4) is 0 Å². The predicted molar refractivity (Wildman–Crippen MR) is 74.4 cm³/mol. The van der Waals surface area contributed by atoms with E-state index in [-0.39, 0.29) is 6.61 Å². The average Bonchev–Trinajstić information content (AvgIpc) is 2.52. The molecule has 0 radical (unpaired) electrons. The van der Waals surface area contributed by atoms with Gasteiger partial charge < -0.3 is 9.47 Å². The first kappa shape index (κ1) is 15.9. The molecular weight excluding hydrogens is 297 g/mol. The lowest BCUT2D eigenvalue weighted by molar-refractivity contribution is -0.143. The van der Waals surface area contributed by atoms with E-state index in [4.69, 9.17) is 4.74 Å². The summed E-state index contributed by atoms with van der Waals surface area (Å²) in [7, 11) is 1.23. The zero-order valence-electron chi connectivity index (χ0n) is 11.7. The SMILES string of the molecule is COC(=O)COc1ccccc1-c1cccc(C(F)(F)F)c1. The van der Waals surface area contributed by atoms with Crippen molar-refractivity contribution in [2.45, 2.75) is 6.18 Å². The van der Waals surface area contributed by atoms with Crippen LogP contribution in [0.4, 0.5) is 13.2 Å². The highest BCUT2D eigenvalue weighted by atomic mass is 19.4. The molecule has 2 aromatic rings. The zero-order chi connectivity index (χ0) is 16.2. The van der Waals surface area contributed by atoms with Crippen LogP contribution < -0.4 is 4.74 Å². The summed E-state index contributed by atoms with van der Waals surface area (Å²) in [4.78, 5) is 11.1. The standard InChI is InChI=1S/C16H13F3O3/c1-21-15(20)10-22-14-8-3-2-7-13(14)11-5-4-6-12(9-11)16(17,18)19/h2-9H,10H2,1H3. The summed E-state index contributed by atoms with van der Waals surface area (Å²) in [5.74, 6) is -0.258. The third-order valence-corrected chi connectivity index (χ3v) is 2.96. The highest BCUT2D eigenvalue weighted by molar-refractivity contribution is 5.73. The van der Waals surface area contributed by atoms with Gasteiger partial charge in [0.1, 0.15) is 5.75 Å². The Morgan fingerprint density at radius 2 is 1.82 bits per heavy atom. The molecule has 0 aromatic heterocycles. The van der Waals surface area contributed by atoms with Crippen molar-refractivity contribution < 1.29 is 27.4 Å². The van der Waals surface area contributed by atoms with Gasteiger partial charge in [-0.15, -0.1) is 0 Å². The Morgan fingerprint density at radius 3 is 2.50 bits per heavy atom. The third kappa shape index (κ3) is 3.78. The molecule has 0 unspecified atom stereocenters. The van der Waals surface area contributed by atoms with E-state index in [1.54, 1.807) is 30.3 Å². The predicted octanol–water partition coefficient (Wildman–Crippen LogP) is 3.92. The molecule has 0 bridgehead atoms. The van der Waals surface area contributed by atoms with E-state index in [9.17, 15) is 18.0 Å². The van der Waals surface area contributed by atoms with Crippen molar-refractivity contribution >= 4 is 5.97 Å². The van der Waals surface area contributed by atoms with Crippen LogP contribution in [0.15, 0.2) is 48.5 Å². The molecule has 116 valence electrons. The summed E-state index contributed by atoms with van der Waals surface area (Å²) < 4.78 is 48.2. The van der Waals surface area contributed by atoms with Crippen molar-refractivity contribution in [3.8, 4) is 16.9 Å². The van der Waals surface area contributed by atoms with Gasteiger partial charge in [0.15, 0.2) is 6.61 Å². The molecule has 0 spiro atoms. The highest BCUT2D eigenvalue weighted by Gasteiger charge is 2.30. The number of carbonyl (C=O) groups is 1. The Hall–Kier alpha value is -2.50. The van der Waals surface area contributed by atoms with Gasteiger partial charge in [-0.25, -0.2) is 4.79 Å². The number of para-hydroxylation sites is 1. The second-order valence-electron chi connectivity index (χ2n) is 4.44. The summed E-state index contributed by atoms with van der Waals surface area (Å²) in [6.07, 6.45) is -4.42. The molecule has 3 nitrogen and oxygen atoms in total. The molecule has 0 N–H and O–H groups in total. The van der Waals surface area contributed by atoms with Crippen LogP contribution in [-0.4, -0.2) is 19.7 Å². The van der Waals surface area contributed by atoms with Crippen LogP contribution in [0, 0.1) is 0 Å². The van der Waals surface area contributed by atoms with Crippen LogP contribution in [0.1, 0.15) is 5.56 Å². The van der Waals surface area contributed by atoms with Gasteiger partial charge >= 0.3 is 12.1 Å². The highest BCUT2D eigenvalue weighted by Crippen LogP contribution is 2.35. The largest absolute Gasteiger partial charge is 0.481 e. The molecule has 0 heterocycles. The number of carbonyl (C=O) groups excluding carboxylic acids is 1. The molecule has 0 aliphatic heterocycles. The lowest BCUT2D eigenvalue weighted by atomic mass is 10.0. The van der Waals surface area contributed by atoms with E-state index >= 15 is 0 Å². The molecule has 0 saturated carbocycles. The molecule has 0 fully saturated rings. The van der Waals surface area contributed by atoms with Crippen LogP contribution in [0.25, 0.3) is 11.1 Å². The normalized spacial score (nSPS) is 11.1. The number of methoxy groups -OCH3 is 1. The van der Waals surface area contributed by atoms with E-state index in [0.29, 0.717) is 16.9 Å². The van der Waals surface area contributed by atoms with Gasteiger partial charge in [-0.1, -0.05) is 30.3 Å². The second-order valence-corrected chi connectivity index (χ2v) is 4.44. The number of ether oxygens (including phenoxy) is 2. The number of hydrogen-bond acceptors (Lipinski definition) is 3. The monoisotopic (exact) mass is 310 g/mol. The fraction of sp³-hybridized carbons (Fsp3) is 0.188. The van der Waals surface area contributed by atoms with Crippen molar-refractivity contribution in [3.05, 3.63) is 54.1 Å². The summed E-state index contributed by atoms with van der Waals surface area (Å²) in [6, 6.07) is 11.5. The van der Waals surface area contributed by atoms with Crippen molar-refractivity contribution in [1.82, 2.24) is 0 Å². The topological polar surface area (TPSA) is 35.5 Å². The van der Waals surface area contributed by atoms with Crippen LogP contribution in [0.5, 0.6) is 5.75 Å². The maximum absolute atomic E-state index is 12.8. The molecule has 0 saturated heterocycles. The van der Waals surface area contributed by atoms with Gasteiger partial charge in [-0.3, -0.25) is 0 Å². The molecule has 6 heteroatoms. The Kier molecular flexibility index (Phi) is 4.70. The molecule has 22 heavy (non-hydrogen) atoms. The minimum Gasteiger partial charge on any atom is -0.481 e. The quantitative estimate of drug-likeness (QED) is 0.803. The fourth-order valence-corrected chi connectivity index (χ4v) is 1.89. The number of benzene rings is 2. The molecule has 0 amide bonds. The molecular formula is C16H13F3O3. The average molecular weight is 310 g/mol. The van der Waals surface area contributed by atoms with Gasteiger partial charge in [-0.2, -0.15) is 13.2 Å². The summed E-state index contributed by atoms with van der Waals surface area (Å²) >= 11 is 0. The minimum atomic E-state index is -4.42. The molecule has 2 rings (SSSR count). The number of hydrogen-bond donors (Lipinski definition) is 0. The van der Waals surface area contributed by atoms with Gasteiger partial charge in [0.2, 0.25) is 0 Å². The van der Waals surface area contributed by atoms with E-state index < -0.39 is 17.7 Å². The Morgan fingerprint density at radius 1 is 1.09 bits per heavy atom. The van der Waals surface area contributed by atoms with Crippen molar-refractivity contribution in [3.63, 3.8) is 0 Å². The van der Waals surface area contributed by atoms with Crippen molar-refractivity contribution in [2.75, 3.05) is 13.7 Å². The third-order valence-electron chi connectivity index (χ3n) is 2.96. The number of alkyl halides is 3. The van der Waals surface area contributed by atoms with Crippen LogP contribution in [0.2, 0.25) is 0 Å². The van der Waals surface area contributed by atoms with E-state index in [0.717, 1.165) is 12.1 Å². The number of rotatable bonds is 4. The van der Waals surface area contributed by atoms with E-state index in [1.807, 2.05) is 0 Å². The van der Waals surface area contributed by atoms with Gasteiger partial charge in [-0.05, 0) is 23.8 Å². The van der Waals surface area contributed by atoms with E-state index in [2.05, 4.69) is 4.74 Å². The summed E-state index contributed by atoms with van der Waals surface area (Å²) in [5, 5.41) is 0. The molecule has 0 aliphatic rings. The zero-order valence-corrected chi connectivity index (χ0v) is 11.7. The maximum Gasteiger partial charge on any atom is 0.416 e. The van der Waals surface area contributed by atoms with Gasteiger partial charge in [0.25, 0.3) is 0 Å². The Balaban J connectivity index is 2.35. The first-order valence-corrected chi connectivity index (χ1v) is 6.38. The lowest BCUT2D eigenvalue weighted by Crippen LogP contribution is -2.13. The summed E-state index contributed by atoms with van der Waals surface area (Å²) in [6.45, 7) is -0.313. The second kappa shape index (κ2) is 6.51. The molecule has 0 aliphatic carbocycles. The number of esters is 1. The van der Waals surface area contributed by atoms with Gasteiger partial charge in [0, 0.05) is 5.56 Å². The van der Waals surface area contributed by atoms with Crippen LogP contribution in [-0.2, 0) is 15.7 Å². The molecule has 0 atom stereocenters. The van der Waals surface area contributed by atoms with Gasteiger partial charge in [0.05, 0.1) is 12.7 Å². The first-order chi connectivity index (χ1) is 10.4. The van der Waals surface area contributed by atoms with Crippen molar-refractivity contribution in [1.29, 1.82) is 0 Å². The number of halogens is 3. The first-order valence-electron chi connectivity index (χ1n) is 6.38. The molecule has 2 aromatic carbocycles. The fourth-order valence-electron chi connectivity index (χ4n) is 1.89. The maximum atomic E-state index is 12.8.